The van der Waals surface area contributed by atoms with Crippen molar-refractivity contribution in [2.75, 3.05) is 26.9 Å². The van der Waals surface area contributed by atoms with Crippen molar-refractivity contribution < 1.29 is 19.0 Å². The zero-order chi connectivity index (χ0) is 22.5. The van der Waals surface area contributed by atoms with E-state index in [1.54, 1.807) is 7.11 Å². The van der Waals surface area contributed by atoms with E-state index in [0.29, 0.717) is 19.8 Å². The van der Waals surface area contributed by atoms with Gasteiger partial charge < -0.3 is 19.0 Å². The Morgan fingerprint density at radius 2 is 1.71 bits per heavy atom. The van der Waals surface area contributed by atoms with Crippen LogP contribution >= 0.6 is 0 Å². The highest BCUT2D eigenvalue weighted by Gasteiger charge is 2.07. The summed E-state index contributed by atoms with van der Waals surface area (Å²) >= 11 is 0. The fraction of sp³-hybridized carbons (Fsp3) is 0.423. The normalized spacial score (nSPS) is 11.6. The summed E-state index contributed by atoms with van der Waals surface area (Å²) in [5.41, 5.74) is 4.36. The van der Waals surface area contributed by atoms with Gasteiger partial charge in [0.1, 0.15) is 31.0 Å². The molecule has 168 valence electrons. The summed E-state index contributed by atoms with van der Waals surface area (Å²) in [6.45, 7) is 9.84. The van der Waals surface area contributed by atoms with Gasteiger partial charge in [-0.3, -0.25) is 0 Å². The zero-order valence-electron chi connectivity index (χ0n) is 19.4. The van der Waals surface area contributed by atoms with E-state index in [-0.39, 0.29) is 0 Å². The Morgan fingerprint density at radius 1 is 0.968 bits per heavy atom. The number of rotatable bonds is 13. The summed E-state index contributed by atoms with van der Waals surface area (Å²) in [5, 5.41) is 3.95. The van der Waals surface area contributed by atoms with E-state index >= 15 is 0 Å². The molecule has 0 aliphatic carbocycles. The summed E-state index contributed by atoms with van der Waals surface area (Å²) in [6, 6.07) is 12.2. The van der Waals surface area contributed by atoms with Crippen LogP contribution in [0.3, 0.4) is 0 Å². The van der Waals surface area contributed by atoms with E-state index in [2.05, 4.69) is 17.3 Å². The minimum atomic E-state index is 0.578. The summed E-state index contributed by atoms with van der Waals surface area (Å²) in [5.74, 6) is 2.68. The topological polar surface area (TPSA) is 49.3 Å². The fourth-order valence-electron chi connectivity index (χ4n) is 3.20. The molecule has 2 aromatic carbocycles. The van der Waals surface area contributed by atoms with Gasteiger partial charge in [0.05, 0.1) is 18.9 Å². The van der Waals surface area contributed by atoms with Crippen LogP contribution in [0.25, 0.3) is 0 Å². The van der Waals surface area contributed by atoms with Crippen molar-refractivity contribution in [3.63, 3.8) is 0 Å². The molecule has 0 aliphatic rings. The van der Waals surface area contributed by atoms with Crippen LogP contribution in [0.1, 0.15) is 43.4 Å². The third kappa shape index (κ3) is 8.75. The van der Waals surface area contributed by atoms with Crippen LogP contribution in [0.4, 0.5) is 0 Å². The first kappa shape index (κ1) is 24.3. The standard InChI is InChI=1S/C26H35NO4/c1-6-7-14-30-25-17-20(2)26(21(3)18-25)31-16-9-15-29-24-11-8-10-23(19-24)13-12-22(4)27-28-5/h6-8,10-11,17-19H,9,12-16H2,1-5H3/b7-6+,27-22+. The van der Waals surface area contributed by atoms with Crippen molar-refractivity contribution in [3.8, 4) is 17.2 Å². The zero-order valence-corrected chi connectivity index (χ0v) is 19.4. The van der Waals surface area contributed by atoms with Gasteiger partial charge >= 0.3 is 0 Å². The van der Waals surface area contributed by atoms with E-state index in [9.17, 15) is 0 Å². The van der Waals surface area contributed by atoms with Crippen LogP contribution in [0.2, 0.25) is 0 Å². The lowest BCUT2D eigenvalue weighted by Crippen LogP contribution is -2.07. The highest BCUT2D eigenvalue weighted by molar-refractivity contribution is 5.81. The van der Waals surface area contributed by atoms with Gasteiger partial charge in [0.25, 0.3) is 0 Å². The highest BCUT2D eigenvalue weighted by atomic mass is 16.6. The van der Waals surface area contributed by atoms with E-state index in [1.165, 1.54) is 5.56 Å². The Bertz CT molecular complexity index is 850. The first-order valence-electron chi connectivity index (χ1n) is 10.8. The van der Waals surface area contributed by atoms with Crippen molar-refractivity contribution in [1.29, 1.82) is 0 Å². The van der Waals surface area contributed by atoms with Gasteiger partial charge in [0, 0.05) is 6.42 Å². The predicted octanol–water partition coefficient (Wildman–Crippen LogP) is 6.06. The van der Waals surface area contributed by atoms with Crippen molar-refractivity contribution in [3.05, 3.63) is 65.2 Å². The second kappa shape index (κ2) is 13.4. The Balaban J connectivity index is 1.77. The van der Waals surface area contributed by atoms with Crippen LogP contribution in [-0.4, -0.2) is 32.6 Å². The van der Waals surface area contributed by atoms with Gasteiger partial charge in [-0.25, -0.2) is 0 Å². The Labute approximate surface area is 186 Å². The van der Waals surface area contributed by atoms with Gasteiger partial charge in [0.2, 0.25) is 0 Å². The molecule has 0 unspecified atom stereocenters. The molecular weight excluding hydrogens is 390 g/mol. The quantitative estimate of drug-likeness (QED) is 0.169. The van der Waals surface area contributed by atoms with Crippen molar-refractivity contribution in [1.82, 2.24) is 0 Å². The Hall–Kier alpha value is -2.95. The largest absolute Gasteiger partial charge is 0.493 e. The van der Waals surface area contributed by atoms with Crippen LogP contribution in [0.15, 0.2) is 53.7 Å². The average molecular weight is 426 g/mol. The van der Waals surface area contributed by atoms with Crippen LogP contribution in [0, 0.1) is 13.8 Å². The number of benzene rings is 2. The van der Waals surface area contributed by atoms with Gasteiger partial charge in [0.15, 0.2) is 0 Å². The Morgan fingerprint density at radius 3 is 2.42 bits per heavy atom. The van der Waals surface area contributed by atoms with Crippen molar-refractivity contribution in [2.45, 2.75) is 47.0 Å². The van der Waals surface area contributed by atoms with E-state index in [0.717, 1.165) is 53.3 Å². The molecule has 0 saturated heterocycles. The number of ether oxygens (including phenoxy) is 3. The van der Waals surface area contributed by atoms with E-state index in [1.807, 2.05) is 64.1 Å². The molecule has 2 rings (SSSR count). The first-order valence-corrected chi connectivity index (χ1v) is 10.8. The number of aryl methyl sites for hydroxylation is 3. The monoisotopic (exact) mass is 425 g/mol. The molecule has 5 heteroatoms. The second-order valence-corrected chi connectivity index (χ2v) is 7.47. The maximum Gasteiger partial charge on any atom is 0.125 e. The number of hydrogen-bond donors (Lipinski definition) is 0. The highest BCUT2D eigenvalue weighted by Crippen LogP contribution is 2.28. The van der Waals surface area contributed by atoms with E-state index in [4.69, 9.17) is 19.0 Å². The van der Waals surface area contributed by atoms with E-state index < -0.39 is 0 Å². The molecule has 0 radical (unpaired) electrons. The van der Waals surface area contributed by atoms with Gasteiger partial charge in [-0.2, -0.15) is 0 Å². The third-order valence-electron chi connectivity index (χ3n) is 4.74. The minimum absolute atomic E-state index is 0.578. The Kier molecular flexibility index (Phi) is 10.5. The summed E-state index contributed by atoms with van der Waals surface area (Å²) in [4.78, 5) is 4.81. The maximum absolute atomic E-state index is 6.02. The molecular formula is C26H35NO4. The molecule has 0 aromatic heterocycles. The molecule has 0 amide bonds. The van der Waals surface area contributed by atoms with Crippen molar-refractivity contribution in [2.24, 2.45) is 5.16 Å². The lowest BCUT2D eigenvalue weighted by molar-refractivity contribution is 0.212. The number of nitrogens with zero attached hydrogens (tertiary/aromatic N) is 1. The van der Waals surface area contributed by atoms with Gasteiger partial charge in [-0.05, 0) is 81.5 Å². The lowest BCUT2D eigenvalue weighted by Gasteiger charge is -2.14. The molecule has 0 fully saturated rings. The third-order valence-corrected chi connectivity index (χ3v) is 4.74. The average Bonchev–Trinajstić information content (AvgIpc) is 2.74. The number of allylic oxidation sites excluding steroid dienone is 1. The molecule has 0 N–H and O–H groups in total. The number of hydrogen-bond acceptors (Lipinski definition) is 5. The number of oxime groups is 1. The SMILES string of the molecule is C/C=C/COc1cc(C)c(OCCCOc2cccc(CC/C(C)=N/OC)c2)c(C)c1. The molecule has 31 heavy (non-hydrogen) atoms. The first-order chi connectivity index (χ1) is 15.0. The molecule has 5 nitrogen and oxygen atoms in total. The summed E-state index contributed by atoms with van der Waals surface area (Å²) in [7, 11) is 1.57. The second-order valence-electron chi connectivity index (χ2n) is 7.47. The minimum Gasteiger partial charge on any atom is -0.493 e. The van der Waals surface area contributed by atoms with Crippen molar-refractivity contribution >= 4 is 5.71 Å². The molecule has 0 aliphatic heterocycles. The summed E-state index contributed by atoms with van der Waals surface area (Å²) in [6.07, 6.45) is 6.55. The molecule has 2 aromatic rings. The van der Waals surface area contributed by atoms with Gasteiger partial charge in [-0.1, -0.05) is 29.4 Å². The van der Waals surface area contributed by atoms with Crippen LogP contribution in [0.5, 0.6) is 17.2 Å². The molecule has 0 spiro atoms. The predicted molar refractivity (Wildman–Crippen MR) is 127 cm³/mol. The van der Waals surface area contributed by atoms with Crippen LogP contribution < -0.4 is 14.2 Å². The lowest BCUT2D eigenvalue weighted by atomic mass is 10.1. The fourth-order valence-corrected chi connectivity index (χ4v) is 3.20. The molecule has 0 bridgehead atoms. The van der Waals surface area contributed by atoms with Gasteiger partial charge in [-0.15, -0.1) is 0 Å². The maximum atomic E-state index is 6.02. The molecule has 0 heterocycles. The molecule has 0 saturated carbocycles. The smallest absolute Gasteiger partial charge is 0.125 e. The molecule has 0 atom stereocenters. The summed E-state index contributed by atoms with van der Waals surface area (Å²) < 4.78 is 17.7. The van der Waals surface area contributed by atoms with Crippen LogP contribution in [-0.2, 0) is 11.3 Å².